The van der Waals surface area contributed by atoms with Crippen molar-refractivity contribution in [2.75, 3.05) is 21.0 Å². The summed E-state index contributed by atoms with van der Waals surface area (Å²) in [6, 6.07) is 16.1. The maximum Gasteiger partial charge on any atom is 0.262 e. The molecule has 1 amide bonds. The molecule has 0 fully saturated rings. The van der Waals surface area contributed by atoms with Crippen molar-refractivity contribution in [3.8, 4) is 0 Å². The Hall–Kier alpha value is -3.37. The topological polar surface area (TPSA) is 121 Å². The van der Waals surface area contributed by atoms with Crippen molar-refractivity contribution >= 4 is 43.0 Å². The van der Waals surface area contributed by atoms with Gasteiger partial charge in [0.1, 0.15) is 0 Å². The van der Waals surface area contributed by atoms with Crippen molar-refractivity contribution in [1.29, 1.82) is 0 Å². The Morgan fingerprint density at radius 1 is 0.758 bits per heavy atom. The highest BCUT2D eigenvalue weighted by atomic mass is 32.2. The zero-order valence-electron chi connectivity index (χ0n) is 18.6. The lowest BCUT2D eigenvalue weighted by Gasteiger charge is -2.13. The molecule has 0 aliphatic rings. The molecule has 3 rings (SSSR count). The molecule has 3 N–H and O–H groups in total. The van der Waals surface area contributed by atoms with Crippen molar-refractivity contribution in [2.24, 2.45) is 0 Å². The molecule has 0 bridgehead atoms. The van der Waals surface area contributed by atoms with E-state index in [9.17, 15) is 21.6 Å². The van der Waals surface area contributed by atoms with Crippen molar-refractivity contribution in [1.82, 2.24) is 0 Å². The normalized spacial score (nSPS) is 11.6. The molecule has 0 saturated carbocycles. The van der Waals surface area contributed by atoms with Gasteiger partial charge in [0.25, 0.3) is 15.9 Å². The molecule has 0 radical (unpaired) electrons. The molecule has 0 atom stereocenters. The van der Waals surface area contributed by atoms with Crippen molar-refractivity contribution in [3.05, 3.63) is 82.9 Å². The second-order valence-corrected chi connectivity index (χ2v) is 11.2. The van der Waals surface area contributed by atoms with Crippen LogP contribution in [0.4, 0.5) is 17.1 Å². The van der Waals surface area contributed by atoms with Crippen LogP contribution in [0.25, 0.3) is 0 Å². The molecule has 3 aromatic carbocycles. The molecule has 33 heavy (non-hydrogen) atoms. The predicted octanol–water partition coefficient (Wildman–Crippen LogP) is 4.04. The summed E-state index contributed by atoms with van der Waals surface area (Å²) >= 11 is 0. The number of nitrogens with one attached hydrogen (secondary N) is 3. The van der Waals surface area contributed by atoms with Crippen molar-refractivity contribution < 1.29 is 21.6 Å². The first-order valence-electron chi connectivity index (χ1n) is 9.94. The van der Waals surface area contributed by atoms with Crippen LogP contribution in [0.5, 0.6) is 0 Å². The molecular formula is C23H25N3O5S2. The van der Waals surface area contributed by atoms with Gasteiger partial charge in [-0.25, -0.2) is 16.8 Å². The van der Waals surface area contributed by atoms with Gasteiger partial charge in [0.2, 0.25) is 10.0 Å². The van der Waals surface area contributed by atoms with Gasteiger partial charge in [-0.3, -0.25) is 14.2 Å². The number of carbonyl (C=O) groups excluding carboxylic acids is 1. The molecule has 174 valence electrons. The van der Waals surface area contributed by atoms with Crippen LogP contribution < -0.4 is 14.8 Å². The summed E-state index contributed by atoms with van der Waals surface area (Å²) in [6.45, 7) is 5.27. The van der Waals surface area contributed by atoms with E-state index in [4.69, 9.17) is 0 Å². The number of hydrogen-bond acceptors (Lipinski definition) is 5. The van der Waals surface area contributed by atoms with E-state index in [-0.39, 0.29) is 16.1 Å². The molecule has 10 heteroatoms. The Bertz CT molecular complexity index is 1430. The Balaban J connectivity index is 1.82. The smallest absolute Gasteiger partial charge is 0.262 e. The molecule has 8 nitrogen and oxygen atoms in total. The van der Waals surface area contributed by atoms with E-state index >= 15 is 0 Å². The second kappa shape index (κ2) is 9.24. The fourth-order valence-electron chi connectivity index (χ4n) is 3.14. The van der Waals surface area contributed by atoms with Crippen LogP contribution in [0.15, 0.2) is 65.6 Å². The number of aryl methyl sites for hydroxylation is 3. The molecule has 0 heterocycles. The summed E-state index contributed by atoms with van der Waals surface area (Å²) in [7, 11) is -7.32. The van der Waals surface area contributed by atoms with Gasteiger partial charge in [0.15, 0.2) is 0 Å². The second-order valence-electron chi connectivity index (χ2n) is 7.81. The summed E-state index contributed by atoms with van der Waals surface area (Å²) in [6.07, 6.45) is 1.04. The summed E-state index contributed by atoms with van der Waals surface area (Å²) < 4.78 is 53.7. The van der Waals surface area contributed by atoms with Gasteiger partial charge in [-0.1, -0.05) is 24.3 Å². The third-order valence-corrected chi connectivity index (χ3v) is 6.91. The fourth-order valence-corrected chi connectivity index (χ4v) is 5.14. The molecule has 3 aromatic rings. The van der Waals surface area contributed by atoms with Crippen LogP contribution in [0.2, 0.25) is 0 Å². The Kier molecular flexibility index (Phi) is 6.80. The van der Waals surface area contributed by atoms with Crippen molar-refractivity contribution in [3.63, 3.8) is 0 Å². The largest absolute Gasteiger partial charge is 0.322 e. The maximum absolute atomic E-state index is 12.9. The van der Waals surface area contributed by atoms with E-state index in [1.54, 1.807) is 56.3 Å². The van der Waals surface area contributed by atoms with Gasteiger partial charge in [0, 0.05) is 16.9 Å². The molecular weight excluding hydrogens is 462 g/mol. The SMILES string of the molecule is Cc1ccc(C)c(S(=O)(=O)Nc2cccc(C(=O)Nc3ccc(C)c(NS(C)(=O)=O)c3)c2)c1. The van der Waals surface area contributed by atoms with Crippen LogP contribution in [0.3, 0.4) is 0 Å². The number of sulfonamides is 2. The van der Waals surface area contributed by atoms with E-state index in [0.717, 1.165) is 11.8 Å². The maximum atomic E-state index is 12.9. The Labute approximate surface area is 194 Å². The first kappa shape index (κ1) is 24.3. The van der Waals surface area contributed by atoms with Crippen molar-refractivity contribution in [2.45, 2.75) is 25.7 Å². The van der Waals surface area contributed by atoms with E-state index in [1.165, 1.54) is 12.1 Å². The van der Waals surface area contributed by atoms with E-state index in [0.29, 0.717) is 22.5 Å². The number of anilines is 3. The Morgan fingerprint density at radius 2 is 1.45 bits per heavy atom. The van der Waals surface area contributed by atoms with E-state index < -0.39 is 26.0 Å². The summed E-state index contributed by atoms with van der Waals surface area (Å²) in [5, 5.41) is 2.70. The highest BCUT2D eigenvalue weighted by molar-refractivity contribution is 7.92. The lowest BCUT2D eigenvalue weighted by atomic mass is 10.1. The van der Waals surface area contributed by atoms with E-state index in [1.807, 2.05) is 13.0 Å². The number of amides is 1. The number of carbonyl (C=O) groups is 1. The van der Waals surface area contributed by atoms with Gasteiger partial charge in [-0.2, -0.15) is 0 Å². The third-order valence-electron chi connectivity index (χ3n) is 4.80. The standard InChI is InChI=1S/C23H25N3O5S2/c1-15-8-9-17(3)22(12-15)33(30,31)25-20-7-5-6-18(13-20)23(27)24-19-11-10-16(2)21(14-19)26-32(4,28)29/h5-14,25-26H,1-4H3,(H,24,27). The average molecular weight is 488 g/mol. The van der Waals surface area contributed by atoms with Crippen LogP contribution in [-0.2, 0) is 20.0 Å². The van der Waals surface area contributed by atoms with Gasteiger partial charge < -0.3 is 5.32 Å². The predicted molar refractivity (Wildman–Crippen MR) is 131 cm³/mol. The Morgan fingerprint density at radius 3 is 2.15 bits per heavy atom. The summed E-state index contributed by atoms with van der Waals surface area (Å²) in [5.74, 6) is -0.475. The third kappa shape index (κ3) is 6.33. The summed E-state index contributed by atoms with van der Waals surface area (Å²) in [5.41, 5.74) is 3.34. The molecule has 0 unspecified atom stereocenters. The first-order chi connectivity index (χ1) is 15.3. The molecule has 0 aliphatic carbocycles. The van der Waals surface area contributed by atoms with Gasteiger partial charge in [-0.15, -0.1) is 0 Å². The average Bonchev–Trinajstić information content (AvgIpc) is 2.71. The fraction of sp³-hybridized carbons (Fsp3) is 0.174. The van der Waals surface area contributed by atoms with Crippen LogP contribution in [0, 0.1) is 20.8 Å². The monoisotopic (exact) mass is 487 g/mol. The van der Waals surface area contributed by atoms with Crippen LogP contribution >= 0.6 is 0 Å². The molecule has 0 aromatic heterocycles. The quantitative estimate of drug-likeness (QED) is 0.464. The highest BCUT2D eigenvalue weighted by Crippen LogP contribution is 2.24. The molecule has 0 spiro atoms. The minimum Gasteiger partial charge on any atom is -0.322 e. The lowest BCUT2D eigenvalue weighted by molar-refractivity contribution is 0.102. The van der Waals surface area contributed by atoms with Gasteiger partial charge >= 0.3 is 0 Å². The number of benzene rings is 3. The van der Waals surface area contributed by atoms with Crippen LogP contribution in [0.1, 0.15) is 27.0 Å². The minimum absolute atomic E-state index is 0.169. The molecule has 0 aliphatic heterocycles. The number of hydrogen-bond donors (Lipinski definition) is 3. The van der Waals surface area contributed by atoms with Gasteiger partial charge in [-0.05, 0) is 73.9 Å². The van der Waals surface area contributed by atoms with Gasteiger partial charge in [0.05, 0.1) is 16.8 Å². The minimum atomic E-state index is -3.84. The summed E-state index contributed by atoms with van der Waals surface area (Å²) in [4.78, 5) is 12.9. The lowest BCUT2D eigenvalue weighted by Crippen LogP contribution is -2.16. The number of rotatable bonds is 7. The van der Waals surface area contributed by atoms with E-state index in [2.05, 4.69) is 14.8 Å². The van der Waals surface area contributed by atoms with Crippen LogP contribution in [-0.4, -0.2) is 29.0 Å². The molecule has 0 saturated heterocycles. The zero-order valence-corrected chi connectivity index (χ0v) is 20.3. The zero-order chi connectivity index (χ0) is 24.4. The highest BCUT2D eigenvalue weighted by Gasteiger charge is 2.18. The first-order valence-corrected chi connectivity index (χ1v) is 13.3.